The molecule has 8 nitrogen and oxygen atoms in total. The smallest absolute Gasteiger partial charge is 0.249 e. The predicted molar refractivity (Wildman–Crippen MR) is 88.5 cm³/mol. The molecule has 1 aliphatic carbocycles. The Labute approximate surface area is 147 Å². The van der Waals surface area contributed by atoms with Gasteiger partial charge in [-0.15, -0.1) is 0 Å². The molecule has 0 bridgehead atoms. The molecule has 1 aromatic heterocycles. The Morgan fingerprint density at radius 1 is 1.20 bits per heavy atom. The number of hydrogen-bond donors (Lipinski definition) is 0. The van der Waals surface area contributed by atoms with Crippen molar-refractivity contribution in [2.24, 2.45) is 5.92 Å². The van der Waals surface area contributed by atoms with Crippen molar-refractivity contribution in [3.63, 3.8) is 0 Å². The van der Waals surface area contributed by atoms with E-state index in [4.69, 9.17) is 9.26 Å². The molecule has 8 heteroatoms. The quantitative estimate of drug-likeness (QED) is 0.814. The molecule has 0 aromatic carbocycles. The molecule has 0 N–H and O–H groups in total. The van der Waals surface area contributed by atoms with E-state index >= 15 is 0 Å². The van der Waals surface area contributed by atoms with Crippen molar-refractivity contribution in [2.75, 3.05) is 33.4 Å². The van der Waals surface area contributed by atoms with Crippen LogP contribution in [0.3, 0.4) is 0 Å². The first-order valence-electron chi connectivity index (χ1n) is 8.97. The summed E-state index contributed by atoms with van der Waals surface area (Å²) >= 11 is 0. The lowest BCUT2D eigenvalue weighted by atomic mass is 10.0. The van der Waals surface area contributed by atoms with E-state index in [9.17, 15) is 9.59 Å². The maximum absolute atomic E-state index is 13.1. The Hall–Kier alpha value is -1.96. The minimum atomic E-state index is -0.269. The summed E-state index contributed by atoms with van der Waals surface area (Å²) in [6, 6.07) is -0.269. The number of nitrogens with zero attached hydrogens (tertiary/aromatic N) is 4. The van der Waals surface area contributed by atoms with Gasteiger partial charge in [-0.3, -0.25) is 9.59 Å². The highest BCUT2D eigenvalue weighted by atomic mass is 16.5. The molecule has 2 aliphatic rings. The molecule has 1 saturated heterocycles. The van der Waals surface area contributed by atoms with Gasteiger partial charge in [-0.25, -0.2) is 0 Å². The number of carbonyl (C=O) groups excluding carboxylic acids is 2. The van der Waals surface area contributed by atoms with Gasteiger partial charge in [0.2, 0.25) is 17.7 Å². The summed E-state index contributed by atoms with van der Waals surface area (Å²) in [6.45, 7) is 3.35. The van der Waals surface area contributed by atoms with Gasteiger partial charge in [-0.05, 0) is 26.2 Å². The fraction of sp³-hybridized carbons (Fsp3) is 0.765. The maximum Gasteiger partial charge on any atom is 0.249 e. The minimum absolute atomic E-state index is 0.0565. The summed E-state index contributed by atoms with van der Waals surface area (Å²) in [5.74, 6) is 1.19. The minimum Gasteiger partial charge on any atom is -0.375 e. The van der Waals surface area contributed by atoms with Crippen molar-refractivity contribution in [3.05, 3.63) is 11.7 Å². The van der Waals surface area contributed by atoms with Gasteiger partial charge in [0.1, 0.15) is 12.6 Å². The van der Waals surface area contributed by atoms with Gasteiger partial charge in [0, 0.05) is 32.7 Å². The molecule has 25 heavy (non-hydrogen) atoms. The second-order valence-corrected chi connectivity index (χ2v) is 6.81. The van der Waals surface area contributed by atoms with E-state index in [1.807, 2.05) is 4.90 Å². The predicted octanol–water partition coefficient (Wildman–Crippen LogP) is 1.32. The van der Waals surface area contributed by atoms with Crippen molar-refractivity contribution in [2.45, 2.75) is 45.1 Å². The van der Waals surface area contributed by atoms with Crippen molar-refractivity contribution >= 4 is 11.8 Å². The number of aryl methyl sites for hydroxylation is 1. The Balaban J connectivity index is 1.80. The second kappa shape index (κ2) is 7.95. The number of ether oxygens (including phenoxy) is 1. The Morgan fingerprint density at radius 3 is 2.60 bits per heavy atom. The fourth-order valence-electron chi connectivity index (χ4n) is 3.77. The number of rotatable bonds is 4. The third kappa shape index (κ3) is 4.00. The third-order valence-corrected chi connectivity index (χ3v) is 5.10. The molecule has 1 atom stereocenters. The molecule has 0 radical (unpaired) electrons. The highest BCUT2D eigenvalue weighted by Crippen LogP contribution is 2.32. The molecule has 138 valence electrons. The number of methoxy groups -OCH3 is 1. The first-order valence-corrected chi connectivity index (χ1v) is 8.97. The monoisotopic (exact) mass is 350 g/mol. The SMILES string of the molecule is COCC(=O)N1CC[C@@H](c2nc(C)no2)N(C(=O)C2CCCC2)CC1. The number of aromatic nitrogens is 2. The van der Waals surface area contributed by atoms with Gasteiger partial charge in [-0.1, -0.05) is 18.0 Å². The Bertz CT molecular complexity index is 612. The van der Waals surface area contributed by atoms with Gasteiger partial charge < -0.3 is 19.1 Å². The first kappa shape index (κ1) is 17.8. The molecule has 0 spiro atoms. The van der Waals surface area contributed by atoms with E-state index in [1.54, 1.807) is 11.8 Å². The highest BCUT2D eigenvalue weighted by Gasteiger charge is 2.37. The van der Waals surface area contributed by atoms with Gasteiger partial charge in [-0.2, -0.15) is 4.98 Å². The lowest BCUT2D eigenvalue weighted by molar-refractivity contribution is -0.139. The van der Waals surface area contributed by atoms with Gasteiger partial charge in [0.25, 0.3) is 0 Å². The van der Waals surface area contributed by atoms with Crippen LogP contribution in [0.15, 0.2) is 4.52 Å². The number of hydrogen-bond acceptors (Lipinski definition) is 6. The van der Waals surface area contributed by atoms with E-state index < -0.39 is 0 Å². The first-order chi connectivity index (χ1) is 12.1. The molecular formula is C17H26N4O4. The molecule has 1 aliphatic heterocycles. The summed E-state index contributed by atoms with van der Waals surface area (Å²) in [5, 5.41) is 3.87. The van der Waals surface area contributed by atoms with Crippen molar-refractivity contribution in [1.82, 2.24) is 19.9 Å². The molecule has 0 unspecified atom stereocenters. The molecule has 3 rings (SSSR count). The third-order valence-electron chi connectivity index (χ3n) is 5.10. The zero-order valence-electron chi connectivity index (χ0n) is 14.9. The average Bonchev–Trinajstić information content (AvgIpc) is 3.22. The lowest BCUT2D eigenvalue weighted by Crippen LogP contribution is -2.41. The normalized spacial score (nSPS) is 22.2. The summed E-state index contributed by atoms with van der Waals surface area (Å²) in [7, 11) is 1.51. The Morgan fingerprint density at radius 2 is 1.96 bits per heavy atom. The Kier molecular flexibility index (Phi) is 5.67. The maximum atomic E-state index is 13.1. The summed E-state index contributed by atoms with van der Waals surface area (Å²) < 4.78 is 10.3. The van der Waals surface area contributed by atoms with Crippen LogP contribution >= 0.6 is 0 Å². The lowest BCUT2D eigenvalue weighted by Gasteiger charge is -2.29. The van der Waals surface area contributed by atoms with Crippen LogP contribution in [0.1, 0.15) is 49.9 Å². The molecule has 2 fully saturated rings. The van der Waals surface area contributed by atoms with Crippen molar-refractivity contribution in [1.29, 1.82) is 0 Å². The molecule has 1 aromatic rings. The molecule has 2 heterocycles. The van der Waals surface area contributed by atoms with Gasteiger partial charge in [0.15, 0.2) is 5.82 Å². The zero-order chi connectivity index (χ0) is 17.8. The topological polar surface area (TPSA) is 88.8 Å². The van der Waals surface area contributed by atoms with Crippen molar-refractivity contribution < 1.29 is 18.8 Å². The number of amides is 2. The number of carbonyl (C=O) groups is 2. The standard InChI is InChI=1S/C17H26N4O4/c1-12-18-16(25-19-12)14-7-8-20(15(22)11-24-2)9-10-21(14)17(23)13-5-3-4-6-13/h13-14H,3-11H2,1-2H3/t14-/m0/s1. The van der Waals surface area contributed by atoms with E-state index in [0.717, 1.165) is 25.7 Å². The highest BCUT2D eigenvalue weighted by molar-refractivity contribution is 5.80. The van der Waals surface area contributed by atoms with Gasteiger partial charge >= 0.3 is 0 Å². The average molecular weight is 350 g/mol. The summed E-state index contributed by atoms with van der Waals surface area (Å²) in [6.07, 6.45) is 4.68. The summed E-state index contributed by atoms with van der Waals surface area (Å²) in [4.78, 5) is 33.2. The van der Waals surface area contributed by atoms with Crippen LogP contribution in [-0.4, -0.2) is 65.1 Å². The zero-order valence-corrected chi connectivity index (χ0v) is 14.9. The molecule has 2 amide bonds. The van der Waals surface area contributed by atoms with Crippen LogP contribution < -0.4 is 0 Å². The van der Waals surface area contributed by atoms with Crippen LogP contribution in [0.4, 0.5) is 0 Å². The second-order valence-electron chi connectivity index (χ2n) is 6.81. The van der Waals surface area contributed by atoms with Crippen molar-refractivity contribution in [3.8, 4) is 0 Å². The van der Waals surface area contributed by atoms with E-state index in [-0.39, 0.29) is 30.4 Å². The fourth-order valence-corrected chi connectivity index (χ4v) is 3.77. The van der Waals surface area contributed by atoms with Crippen LogP contribution in [0.5, 0.6) is 0 Å². The molecular weight excluding hydrogens is 324 g/mol. The largest absolute Gasteiger partial charge is 0.375 e. The van der Waals surface area contributed by atoms with Gasteiger partial charge in [0.05, 0.1) is 0 Å². The van der Waals surface area contributed by atoms with E-state index in [0.29, 0.717) is 37.8 Å². The van der Waals surface area contributed by atoms with Crippen LogP contribution in [0, 0.1) is 12.8 Å². The molecule has 1 saturated carbocycles. The van der Waals surface area contributed by atoms with Crippen LogP contribution in [-0.2, 0) is 14.3 Å². The summed E-state index contributed by atoms with van der Waals surface area (Å²) in [5.41, 5.74) is 0. The van der Waals surface area contributed by atoms with Crippen LogP contribution in [0.2, 0.25) is 0 Å². The van der Waals surface area contributed by atoms with E-state index in [1.165, 1.54) is 7.11 Å². The van der Waals surface area contributed by atoms with Crippen LogP contribution in [0.25, 0.3) is 0 Å². The van der Waals surface area contributed by atoms with E-state index in [2.05, 4.69) is 10.1 Å².